The highest BCUT2D eigenvalue weighted by Gasteiger charge is 2.39. The molecule has 2 saturated carbocycles. The normalized spacial score (nSPS) is 20.6. The molecule has 0 amide bonds. The molecular formula is C31H43F3N4O4. The first-order valence-corrected chi connectivity index (χ1v) is 15.3. The van der Waals surface area contributed by atoms with E-state index in [1.54, 1.807) is 20.9 Å². The van der Waals surface area contributed by atoms with Gasteiger partial charge in [-0.15, -0.1) is 5.10 Å². The van der Waals surface area contributed by atoms with E-state index in [4.69, 9.17) is 9.47 Å². The summed E-state index contributed by atoms with van der Waals surface area (Å²) in [4.78, 5) is 29.1. The Balaban J connectivity index is 1.46. The van der Waals surface area contributed by atoms with Gasteiger partial charge in [-0.25, -0.2) is 4.98 Å². The molecule has 232 valence electrons. The van der Waals surface area contributed by atoms with Gasteiger partial charge in [-0.2, -0.15) is 13.2 Å². The van der Waals surface area contributed by atoms with Gasteiger partial charge < -0.3 is 9.47 Å². The average molecular weight is 593 g/mol. The minimum Gasteiger partial charge on any atom is -0.488 e. The zero-order valence-electron chi connectivity index (χ0n) is 25.1. The Hall–Kier alpha value is -2.98. The van der Waals surface area contributed by atoms with Gasteiger partial charge in [-0.1, -0.05) is 31.4 Å². The van der Waals surface area contributed by atoms with Crippen molar-refractivity contribution in [1.82, 2.24) is 20.0 Å². The van der Waals surface area contributed by atoms with E-state index < -0.39 is 23.9 Å². The predicted molar refractivity (Wildman–Crippen MR) is 151 cm³/mol. The Morgan fingerprint density at radius 3 is 2.52 bits per heavy atom. The molecule has 0 spiro atoms. The van der Waals surface area contributed by atoms with Crippen molar-refractivity contribution in [2.24, 2.45) is 18.4 Å². The van der Waals surface area contributed by atoms with Crippen molar-refractivity contribution in [2.75, 3.05) is 0 Å². The third-order valence-electron chi connectivity index (χ3n) is 8.91. The molecule has 0 radical (unpaired) electrons. The number of esters is 1. The molecule has 8 nitrogen and oxygen atoms in total. The number of carbonyl (C=O) groups is 2. The lowest BCUT2D eigenvalue weighted by molar-refractivity contribution is -0.155. The first kappa shape index (κ1) is 31.9. The Kier molecular flexibility index (Phi) is 10.3. The van der Waals surface area contributed by atoms with E-state index in [2.05, 4.69) is 22.2 Å². The standard InChI is InChI=1S/C31H43F3N4O4/c1-5-30(16-6-7-17-30)18-15-22(39)11-13-25-27(36-37-38(25)4)24-12-14-26(28(35-24)31(32,33)34)42-23-10-8-9-21(19-23)29(40)41-20(2)3/h12,14,20-21,23H,5-11,13,15-19H2,1-4H3/t21-,23-/m0/s1. The second-order valence-corrected chi connectivity index (χ2v) is 12.2. The molecule has 0 aromatic carbocycles. The molecule has 0 aliphatic heterocycles. The summed E-state index contributed by atoms with van der Waals surface area (Å²) >= 11 is 0. The summed E-state index contributed by atoms with van der Waals surface area (Å²) in [6, 6.07) is 2.70. The van der Waals surface area contributed by atoms with Crippen molar-refractivity contribution in [1.29, 1.82) is 0 Å². The molecule has 2 heterocycles. The molecule has 0 N–H and O–H groups in total. The Morgan fingerprint density at radius 1 is 1.12 bits per heavy atom. The van der Waals surface area contributed by atoms with E-state index in [1.807, 2.05) is 0 Å². The van der Waals surface area contributed by atoms with Gasteiger partial charge in [-0.3, -0.25) is 14.3 Å². The van der Waals surface area contributed by atoms with E-state index in [0.717, 1.165) is 12.8 Å². The number of hydrogen-bond acceptors (Lipinski definition) is 7. The maximum absolute atomic E-state index is 14.2. The summed E-state index contributed by atoms with van der Waals surface area (Å²) in [5.41, 5.74) is -0.0870. The molecule has 2 aliphatic carbocycles. The number of hydrogen-bond donors (Lipinski definition) is 0. The molecule has 2 atom stereocenters. The number of aromatic nitrogens is 4. The number of nitrogens with zero attached hydrogens (tertiary/aromatic N) is 4. The molecule has 2 aromatic heterocycles. The van der Waals surface area contributed by atoms with Crippen molar-refractivity contribution in [3.8, 4) is 17.1 Å². The Bertz CT molecular complexity index is 1240. The van der Waals surface area contributed by atoms with Crippen LogP contribution in [0.3, 0.4) is 0 Å². The number of alkyl halides is 3. The molecule has 2 aromatic rings. The van der Waals surface area contributed by atoms with Gasteiger partial charge in [0.2, 0.25) is 0 Å². The largest absolute Gasteiger partial charge is 0.488 e. The summed E-state index contributed by atoms with van der Waals surface area (Å²) in [7, 11) is 1.66. The second-order valence-electron chi connectivity index (χ2n) is 12.2. The lowest BCUT2D eigenvalue weighted by Gasteiger charge is -2.29. The van der Waals surface area contributed by atoms with Crippen LogP contribution in [0.15, 0.2) is 12.1 Å². The van der Waals surface area contributed by atoms with Crippen molar-refractivity contribution >= 4 is 11.8 Å². The van der Waals surface area contributed by atoms with E-state index in [-0.39, 0.29) is 53.3 Å². The van der Waals surface area contributed by atoms with Crippen LogP contribution >= 0.6 is 0 Å². The number of pyridine rings is 1. The summed E-state index contributed by atoms with van der Waals surface area (Å²) < 4.78 is 55.1. The lowest BCUT2D eigenvalue weighted by atomic mass is 9.78. The highest BCUT2D eigenvalue weighted by Crippen LogP contribution is 2.45. The number of ether oxygens (including phenoxy) is 2. The molecule has 0 bridgehead atoms. The van der Waals surface area contributed by atoms with Crippen LogP contribution in [0, 0.1) is 11.3 Å². The van der Waals surface area contributed by atoms with Crippen LogP contribution in [0.2, 0.25) is 0 Å². The lowest BCUT2D eigenvalue weighted by Crippen LogP contribution is -2.32. The van der Waals surface area contributed by atoms with Crippen LogP contribution in [-0.4, -0.2) is 43.9 Å². The monoisotopic (exact) mass is 592 g/mol. The summed E-state index contributed by atoms with van der Waals surface area (Å²) in [6.07, 6.45) is 4.32. The third kappa shape index (κ3) is 7.89. The van der Waals surface area contributed by atoms with Gasteiger partial charge in [0, 0.05) is 19.9 Å². The fraction of sp³-hybridized carbons (Fsp3) is 0.710. The van der Waals surface area contributed by atoms with Crippen LogP contribution in [0.5, 0.6) is 5.75 Å². The fourth-order valence-electron chi connectivity index (χ4n) is 6.40. The van der Waals surface area contributed by atoms with Gasteiger partial charge in [0.25, 0.3) is 0 Å². The molecule has 42 heavy (non-hydrogen) atoms. The van der Waals surface area contributed by atoms with Gasteiger partial charge in [0.1, 0.15) is 11.5 Å². The number of halogens is 3. The Morgan fingerprint density at radius 2 is 1.86 bits per heavy atom. The predicted octanol–water partition coefficient (Wildman–Crippen LogP) is 7.04. The smallest absolute Gasteiger partial charge is 0.437 e. The molecular weight excluding hydrogens is 549 g/mol. The first-order valence-electron chi connectivity index (χ1n) is 15.3. The van der Waals surface area contributed by atoms with Crippen LogP contribution in [0.1, 0.15) is 109 Å². The minimum absolute atomic E-state index is 0.0168. The van der Waals surface area contributed by atoms with E-state index >= 15 is 0 Å². The van der Waals surface area contributed by atoms with Crippen LogP contribution in [0.4, 0.5) is 13.2 Å². The minimum atomic E-state index is -4.77. The molecule has 11 heteroatoms. The van der Waals surface area contributed by atoms with Crippen molar-refractivity contribution in [2.45, 2.75) is 123 Å². The number of Topliss-reactive ketones (excluding diaryl/α,β-unsaturated/α-hetero) is 1. The number of rotatable bonds is 12. The summed E-state index contributed by atoms with van der Waals surface area (Å²) in [5, 5.41) is 8.11. The van der Waals surface area contributed by atoms with Gasteiger partial charge in [0.15, 0.2) is 11.4 Å². The molecule has 0 saturated heterocycles. The number of aryl methyl sites for hydroxylation is 1. The summed E-state index contributed by atoms with van der Waals surface area (Å²) in [6.45, 7) is 5.71. The fourth-order valence-corrected chi connectivity index (χ4v) is 6.40. The Labute approximate surface area is 245 Å². The molecule has 2 aliphatic rings. The van der Waals surface area contributed by atoms with E-state index in [0.29, 0.717) is 37.8 Å². The number of carbonyl (C=O) groups excluding carboxylic acids is 2. The van der Waals surface area contributed by atoms with Gasteiger partial charge in [0.05, 0.1) is 29.5 Å². The average Bonchev–Trinajstić information content (AvgIpc) is 3.57. The third-order valence-corrected chi connectivity index (χ3v) is 8.91. The molecule has 2 fully saturated rings. The van der Waals surface area contributed by atoms with E-state index in [9.17, 15) is 22.8 Å². The van der Waals surface area contributed by atoms with Gasteiger partial charge >= 0.3 is 12.1 Å². The van der Waals surface area contributed by atoms with Gasteiger partial charge in [-0.05, 0) is 82.8 Å². The second kappa shape index (κ2) is 13.5. The van der Waals surface area contributed by atoms with Crippen LogP contribution in [0.25, 0.3) is 11.4 Å². The van der Waals surface area contributed by atoms with Crippen molar-refractivity contribution < 1.29 is 32.2 Å². The zero-order valence-corrected chi connectivity index (χ0v) is 25.1. The SMILES string of the molecule is CCC1(CCC(=O)CCc2c(-c3ccc(O[C@H]4CCC[C@H](C(=O)OC(C)C)C4)c(C(F)(F)F)n3)nnn2C)CCCC1. The number of ketones is 1. The zero-order chi connectivity index (χ0) is 30.5. The van der Waals surface area contributed by atoms with E-state index in [1.165, 1.54) is 42.5 Å². The maximum Gasteiger partial charge on any atom is 0.437 e. The van der Waals surface area contributed by atoms with Crippen molar-refractivity contribution in [3.05, 3.63) is 23.5 Å². The molecule has 4 rings (SSSR count). The highest BCUT2D eigenvalue weighted by atomic mass is 19.4. The van der Waals surface area contributed by atoms with Crippen molar-refractivity contribution in [3.63, 3.8) is 0 Å². The topological polar surface area (TPSA) is 96.2 Å². The maximum atomic E-state index is 14.2. The van der Waals surface area contributed by atoms with Crippen LogP contribution < -0.4 is 4.74 Å². The van der Waals surface area contributed by atoms with Crippen LogP contribution in [-0.2, 0) is 34.0 Å². The molecule has 0 unspecified atom stereocenters. The highest BCUT2D eigenvalue weighted by molar-refractivity contribution is 5.79. The summed E-state index contributed by atoms with van der Waals surface area (Å²) in [5.74, 6) is -1.01. The quantitative estimate of drug-likeness (QED) is 0.244. The first-order chi connectivity index (χ1) is 19.9.